The Morgan fingerprint density at radius 3 is 2.62 bits per heavy atom. The molecule has 0 amide bonds. The van der Waals surface area contributed by atoms with Gasteiger partial charge in [0, 0.05) is 42.6 Å². The van der Waals surface area contributed by atoms with E-state index in [1.807, 2.05) is 34.9 Å². The number of fused-ring (bicyclic) bond motifs is 3. The lowest BCUT2D eigenvalue weighted by Gasteiger charge is -2.26. The minimum atomic E-state index is 0.419. The first-order valence-electron chi connectivity index (χ1n) is 8.91. The Bertz CT molecular complexity index is 1100. The van der Waals surface area contributed by atoms with Crippen LogP contribution in [0.15, 0.2) is 42.9 Å². The van der Waals surface area contributed by atoms with Gasteiger partial charge >= 0.3 is 0 Å². The molecule has 5 rings (SSSR count). The van der Waals surface area contributed by atoms with E-state index in [9.17, 15) is 0 Å². The Morgan fingerprint density at radius 2 is 1.73 bits per heavy atom. The first kappa shape index (κ1) is 15.1. The summed E-state index contributed by atoms with van der Waals surface area (Å²) in [6, 6.07) is 7.89. The third-order valence-corrected chi connectivity index (χ3v) is 4.97. The largest absolute Gasteiger partial charge is 0.369 e. The van der Waals surface area contributed by atoms with E-state index >= 15 is 0 Å². The number of hydrogen-bond donors (Lipinski definition) is 1. The molecule has 0 bridgehead atoms. The van der Waals surface area contributed by atoms with Crippen molar-refractivity contribution in [2.24, 2.45) is 0 Å². The van der Waals surface area contributed by atoms with E-state index in [2.05, 4.69) is 19.9 Å². The van der Waals surface area contributed by atoms with E-state index in [4.69, 9.17) is 10.7 Å². The highest BCUT2D eigenvalue weighted by Crippen LogP contribution is 2.34. The molecule has 0 unspecified atom stereocenters. The van der Waals surface area contributed by atoms with Crippen LogP contribution in [0, 0.1) is 0 Å². The van der Waals surface area contributed by atoms with Crippen LogP contribution >= 0.6 is 0 Å². The molecule has 1 fully saturated rings. The van der Waals surface area contributed by atoms with Crippen LogP contribution in [0.2, 0.25) is 0 Å². The Labute approximate surface area is 150 Å². The van der Waals surface area contributed by atoms with E-state index < -0.39 is 0 Å². The van der Waals surface area contributed by atoms with Crippen molar-refractivity contribution in [1.82, 2.24) is 24.3 Å². The van der Waals surface area contributed by atoms with Crippen molar-refractivity contribution in [1.29, 1.82) is 0 Å². The van der Waals surface area contributed by atoms with E-state index in [1.165, 1.54) is 19.3 Å². The Balaban J connectivity index is 1.75. The summed E-state index contributed by atoms with van der Waals surface area (Å²) >= 11 is 0. The fourth-order valence-corrected chi connectivity index (χ4v) is 3.77. The maximum absolute atomic E-state index is 6.13. The predicted molar refractivity (Wildman–Crippen MR) is 102 cm³/mol. The Morgan fingerprint density at radius 1 is 0.885 bits per heavy atom. The zero-order valence-electron chi connectivity index (χ0n) is 14.3. The molecule has 0 spiro atoms. The molecule has 0 radical (unpaired) electrons. The summed E-state index contributed by atoms with van der Waals surface area (Å²) in [5.74, 6) is 1.21. The molecule has 0 aromatic carbocycles. The molecule has 1 aliphatic heterocycles. The summed E-state index contributed by atoms with van der Waals surface area (Å²) in [5.41, 5.74) is 9.78. The van der Waals surface area contributed by atoms with Gasteiger partial charge < -0.3 is 10.6 Å². The third-order valence-electron chi connectivity index (χ3n) is 4.97. The first-order chi connectivity index (χ1) is 12.8. The van der Waals surface area contributed by atoms with E-state index in [0.717, 1.165) is 46.8 Å². The quantitative estimate of drug-likeness (QED) is 0.601. The van der Waals surface area contributed by atoms with Crippen molar-refractivity contribution < 1.29 is 0 Å². The van der Waals surface area contributed by atoms with Crippen LogP contribution in [0.4, 0.5) is 11.9 Å². The first-order valence-corrected chi connectivity index (χ1v) is 8.91. The van der Waals surface area contributed by atoms with Crippen LogP contribution in [0.1, 0.15) is 19.3 Å². The maximum atomic E-state index is 6.13. The van der Waals surface area contributed by atoms with Gasteiger partial charge in [-0.05, 0) is 43.5 Å². The average Bonchev–Trinajstić information content (AvgIpc) is 3.04. The summed E-state index contributed by atoms with van der Waals surface area (Å²) in [6.45, 7) is 2.03. The van der Waals surface area contributed by atoms with Gasteiger partial charge in [0.1, 0.15) is 5.65 Å². The highest BCUT2D eigenvalue weighted by Gasteiger charge is 2.19. The van der Waals surface area contributed by atoms with Crippen LogP contribution in [-0.4, -0.2) is 37.4 Å². The van der Waals surface area contributed by atoms with Gasteiger partial charge in [0.05, 0.1) is 11.2 Å². The van der Waals surface area contributed by atoms with Crippen molar-refractivity contribution in [2.75, 3.05) is 23.7 Å². The Hall–Kier alpha value is -3.22. The van der Waals surface area contributed by atoms with Gasteiger partial charge in [-0.1, -0.05) is 0 Å². The summed E-state index contributed by atoms with van der Waals surface area (Å²) < 4.78 is 1.88. The molecule has 4 aromatic heterocycles. The summed E-state index contributed by atoms with van der Waals surface area (Å²) in [6.07, 6.45) is 8.99. The molecular formula is C19H19N7. The zero-order chi connectivity index (χ0) is 17.5. The van der Waals surface area contributed by atoms with Gasteiger partial charge in [-0.3, -0.25) is 4.40 Å². The van der Waals surface area contributed by atoms with Crippen LogP contribution in [0.25, 0.3) is 27.8 Å². The number of nitrogen functional groups attached to an aromatic ring is 1. The van der Waals surface area contributed by atoms with Crippen molar-refractivity contribution in [3.05, 3.63) is 42.9 Å². The predicted octanol–water partition coefficient (Wildman–Crippen LogP) is 2.91. The van der Waals surface area contributed by atoms with Crippen LogP contribution < -0.4 is 10.6 Å². The summed E-state index contributed by atoms with van der Waals surface area (Å²) in [5, 5.41) is 1.01. The van der Waals surface area contributed by atoms with Crippen molar-refractivity contribution >= 4 is 28.4 Å². The second kappa shape index (κ2) is 5.94. The molecule has 130 valence electrons. The molecule has 5 heterocycles. The van der Waals surface area contributed by atoms with Crippen LogP contribution in [-0.2, 0) is 0 Å². The molecule has 0 atom stereocenters. The average molecular weight is 345 g/mol. The lowest BCUT2D eigenvalue weighted by Crippen LogP contribution is -2.30. The second-order valence-electron chi connectivity index (χ2n) is 6.56. The monoisotopic (exact) mass is 345 g/mol. The summed E-state index contributed by atoms with van der Waals surface area (Å²) in [7, 11) is 0. The molecule has 1 aliphatic rings. The van der Waals surface area contributed by atoms with Crippen LogP contribution in [0.3, 0.4) is 0 Å². The Kier molecular flexibility index (Phi) is 3.44. The molecule has 7 nitrogen and oxygen atoms in total. The highest BCUT2D eigenvalue weighted by atomic mass is 15.2. The lowest BCUT2D eigenvalue weighted by atomic mass is 10.1. The van der Waals surface area contributed by atoms with E-state index in [0.29, 0.717) is 5.95 Å². The van der Waals surface area contributed by atoms with Gasteiger partial charge in [0.25, 0.3) is 0 Å². The van der Waals surface area contributed by atoms with E-state index in [-0.39, 0.29) is 0 Å². The molecular weight excluding hydrogens is 326 g/mol. The van der Waals surface area contributed by atoms with Gasteiger partial charge in [-0.25, -0.2) is 19.9 Å². The number of rotatable bonds is 2. The number of aromatic nitrogens is 5. The van der Waals surface area contributed by atoms with Gasteiger partial charge in [0.15, 0.2) is 0 Å². The fraction of sp³-hybridized carbons (Fsp3) is 0.263. The molecule has 0 aliphatic carbocycles. The van der Waals surface area contributed by atoms with Gasteiger partial charge in [0.2, 0.25) is 11.9 Å². The van der Waals surface area contributed by atoms with Gasteiger partial charge in [-0.2, -0.15) is 0 Å². The van der Waals surface area contributed by atoms with Crippen molar-refractivity contribution in [2.45, 2.75) is 19.3 Å². The number of pyridine rings is 1. The molecule has 7 heteroatoms. The molecule has 26 heavy (non-hydrogen) atoms. The van der Waals surface area contributed by atoms with Gasteiger partial charge in [-0.15, -0.1) is 0 Å². The molecule has 1 saturated heterocycles. The topological polar surface area (TPSA) is 85.2 Å². The van der Waals surface area contributed by atoms with E-state index in [1.54, 1.807) is 12.4 Å². The minimum absolute atomic E-state index is 0.419. The third kappa shape index (κ3) is 2.28. The number of nitrogens with zero attached hydrogens (tertiary/aromatic N) is 6. The normalized spacial score (nSPS) is 15.0. The molecule has 4 aromatic rings. The van der Waals surface area contributed by atoms with Crippen LogP contribution in [0.5, 0.6) is 0 Å². The fourth-order valence-electron chi connectivity index (χ4n) is 3.77. The zero-order valence-corrected chi connectivity index (χ0v) is 14.3. The lowest BCUT2D eigenvalue weighted by molar-refractivity contribution is 0.568. The highest BCUT2D eigenvalue weighted by molar-refractivity contribution is 6.04. The number of hydrogen-bond acceptors (Lipinski definition) is 6. The SMILES string of the molecule is Nc1nccc2c(-c3ccnc(N4CCCCC4)n3)c3cccnc3n12. The molecule has 0 saturated carbocycles. The minimum Gasteiger partial charge on any atom is -0.369 e. The van der Waals surface area contributed by atoms with Crippen molar-refractivity contribution in [3.8, 4) is 11.3 Å². The smallest absolute Gasteiger partial charge is 0.225 e. The summed E-state index contributed by atoms with van der Waals surface area (Å²) in [4.78, 5) is 20.4. The standard InChI is InChI=1S/C19H19N7/c20-18-22-10-7-15-16(13-5-4-8-21-17(13)26(15)18)14-6-9-23-19(24-14)25-11-2-1-3-12-25/h4-10H,1-3,11-12H2,(H2,20,22). The van der Waals surface area contributed by atoms with Crippen molar-refractivity contribution in [3.63, 3.8) is 0 Å². The maximum Gasteiger partial charge on any atom is 0.225 e. The number of anilines is 2. The second-order valence-corrected chi connectivity index (χ2v) is 6.56. The number of piperidine rings is 1. The number of nitrogens with two attached hydrogens (primary N) is 1. The molecule has 2 N–H and O–H groups in total.